The molecule has 0 bridgehead atoms. The van der Waals surface area contributed by atoms with Crippen LogP contribution < -0.4 is 5.32 Å². The van der Waals surface area contributed by atoms with Crippen molar-refractivity contribution in [2.75, 3.05) is 5.32 Å². The predicted molar refractivity (Wildman–Crippen MR) is 143 cm³/mol. The van der Waals surface area contributed by atoms with E-state index in [4.69, 9.17) is 4.74 Å². The third-order valence-electron chi connectivity index (χ3n) is 7.68. The Hall–Kier alpha value is -4.16. The first-order valence-corrected chi connectivity index (χ1v) is 13.2. The molecule has 212 valence electrons. The van der Waals surface area contributed by atoms with Crippen molar-refractivity contribution < 1.29 is 37.0 Å². The molecule has 1 aliphatic carbocycles. The zero-order valence-electron chi connectivity index (χ0n) is 22.1. The fraction of sp³-hybridized carbons (Fsp3) is 0.312. The number of benzene rings is 3. The molecule has 1 saturated carbocycles. The van der Waals surface area contributed by atoms with Gasteiger partial charge in [-0.25, -0.2) is 9.18 Å². The molecule has 0 spiro atoms. The average Bonchev–Trinajstić information content (AvgIpc) is 3.62. The summed E-state index contributed by atoms with van der Waals surface area (Å²) in [6.07, 6.45) is -5.35. The lowest BCUT2D eigenvalue weighted by atomic mass is 9.81. The number of ether oxygens (including phenoxy) is 1. The lowest BCUT2D eigenvalue weighted by Gasteiger charge is -2.27. The fourth-order valence-corrected chi connectivity index (χ4v) is 5.15. The number of hydrogen-bond donors (Lipinski definition) is 2. The van der Waals surface area contributed by atoms with Gasteiger partial charge in [0.1, 0.15) is 12.4 Å². The average molecular weight is 566 g/mol. The van der Waals surface area contributed by atoms with Crippen molar-refractivity contribution in [3.05, 3.63) is 99.9 Å². The van der Waals surface area contributed by atoms with Crippen LogP contribution in [0.1, 0.15) is 63.9 Å². The summed E-state index contributed by atoms with van der Waals surface area (Å²) in [4.78, 5) is 25.3. The van der Waals surface area contributed by atoms with E-state index in [2.05, 4.69) is 17.2 Å². The van der Waals surface area contributed by atoms with E-state index in [0.717, 1.165) is 23.3 Å². The molecule has 5 rings (SSSR count). The number of amides is 1. The smallest absolute Gasteiger partial charge is 0.416 e. The fourth-order valence-electron chi connectivity index (χ4n) is 5.15. The van der Waals surface area contributed by atoms with Gasteiger partial charge in [0, 0.05) is 23.2 Å². The highest BCUT2D eigenvalue weighted by molar-refractivity contribution is 5.96. The molecule has 3 aromatic rings. The van der Waals surface area contributed by atoms with Gasteiger partial charge in [-0.05, 0) is 85.7 Å². The van der Waals surface area contributed by atoms with Crippen LogP contribution in [0.5, 0.6) is 0 Å². The van der Waals surface area contributed by atoms with Crippen LogP contribution in [0.25, 0.3) is 0 Å². The number of cyclic esters (lactones) is 1. The Kier molecular flexibility index (Phi) is 7.62. The van der Waals surface area contributed by atoms with Crippen molar-refractivity contribution >= 4 is 17.6 Å². The molecule has 2 atom stereocenters. The summed E-state index contributed by atoms with van der Waals surface area (Å²) in [5, 5.41) is 13.9. The SMILES string of the molecule is Cc1ccc(C#CCC(O)C(CC2(c3cc(C(F)(F)F)ccc3F)CC2)C(=O)Nc2ccc3c(c2)COC3=O)cc1. The van der Waals surface area contributed by atoms with Crippen molar-refractivity contribution in [1.29, 1.82) is 0 Å². The Balaban J connectivity index is 1.41. The van der Waals surface area contributed by atoms with Crippen molar-refractivity contribution in [3.63, 3.8) is 0 Å². The topological polar surface area (TPSA) is 75.6 Å². The minimum absolute atomic E-state index is 0.0659. The molecule has 9 heteroatoms. The number of aliphatic hydroxyl groups excluding tert-OH is 1. The summed E-state index contributed by atoms with van der Waals surface area (Å²) in [6.45, 7) is 2.01. The molecule has 1 fully saturated rings. The number of rotatable bonds is 7. The summed E-state index contributed by atoms with van der Waals surface area (Å²) in [7, 11) is 0. The number of hydrogen-bond acceptors (Lipinski definition) is 4. The summed E-state index contributed by atoms with van der Waals surface area (Å²) < 4.78 is 60.1. The van der Waals surface area contributed by atoms with Crippen LogP contribution in [0.15, 0.2) is 60.7 Å². The Morgan fingerprint density at radius 3 is 2.51 bits per heavy atom. The highest BCUT2D eigenvalue weighted by Crippen LogP contribution is 2.54. The Bertz CT molecular complexity index is 1550. The molecular formula is C32H27F4NO4. The van der Waals surface area contributed by atoms with Crippen molar-refractivity contribution in [3.8, 4) is 11.8 Å². The van der Waals surface area contributed by atoms with Crippen molar-refractivity contribution in [2.45, 2.75) is 56.9 Å². The third-order valence-corrected chi connectivity index (χ3v) is 7.68. The number of carbonyl (C=O) groups is 2. The van der Waals surface area contributed by atoms with E-state index < -0.39 is 46.9 Å². The van der Waals surface area contributed by atoms with E-state index in [9.17, 15) is 32.3 Å². The number of aliphatic hydroxyl groups is 1. The minimum Gasteiger partial charge on any atom is -0.457 e. The number of carbonyl (C=O) groups excluding carboxylic acids is 2. The molecule has 1 amide bonds. The van der Waals surface area contributed by atoms with E-state index in [1.165, 1.54) is 12.1 Å². The Morgan fingerprint density at radius 2 is 1.83 bits per heavy atom. The molecular weight excluding hydrogens is 538 g/mol. The van der Waals surface area contributed by atoms with E-state index in [1.807, 2.05) is 31.2 Å². The number of esters is 1. The normalized spacial score (nSPS) is 16.6. The van der Waals surface area contributed by atoms with Gasteiger partial charge in [-0.2, -0.15) is 13.2 Å². The Morgan fingerprint density at radius 1 is 1.10 bits per heavy atom. The second kappa shape index (κ2) is 11.0. The second-order valence-corrected chi connectivity index (χ2v) is 10.7. The van der Waals surface area contributed by atoms with Gasteiger partial charge in [-0.3, -0.25) is 4.79 Å². The zero-order valence-corrected chi connectivity index (χ0v) is 22.1. The quantitative estimate of drug-likeness (QED) is 0.200. The second-order valence-electron chi connectivity index (χ2n) is 10.7. The van der Waals surface area contributed by atoms with Crippen LogP contribution >= 0.6 is 0 Å². The monoisotopic (exact) mass is 565 g/mol. The van der Waals surface area contributed by atoms with Gasteiger partial charge in [0.25, 0.3) is 0 Å². The molecule has 0 saturated heterocycles. The molecule has 1 heterocycles. The van der Waals surface area contributed by atoms with Crippen LogP contribution in [-0.2, 0) is 27.7 Å². The molecule has 0 radical (unpaired) electrons. The summed E-state index contributed by atoms with van der Waals surface area (Å²) >= 11 is 0. The van der Waals surface area contributed by atoms with Gasteiger partial charge in [0.2, 0.25) is 5.91 Å². The van der Waals surface area contributed by atoms with E-state index in [0.29, 0.717) is 35.7 Å². The zero-order chi connectivity index (χ0) is 29.4. The highest BCUT2D eigenvalue weighted by Gasteiger charge is 2.50. The first-order valence-electron chi connectivity index (χ1n) is 13.2. The number of nitrogens with one attached hydrogen (secondary N) is 1. The maximum absolute atomic E-state index is 14.9. The molecule has 0 aromatic heterocycles. The van der Waals surface area contributed by atoms with Crippen molar-refractivity contribution in [2.24, 2.45) is 5.92 Å². The Labute approximate surface area is 234 Å². The minimum atomic E-state index is -4.65. The molecule has 41 heavy (non-hydrogen) atoms. The summed E-state index contributed by atoms with van der Waals surface area (Å²) in [6, 6.07) is 14.4. The maximum atomic E-state index is 14.9. The third kappa shape index (κ3) is 6.28. The van der Waals surface area contributed by atoms with E-state index >= 15 is 0 Å². The number of fused-ring (bicyclic) bond motifs is 1. The van der Waals surface area contributed by atoms with Crippen LogP contribution in [-0.4, -0.2) is 23.1 Å². The van der Waals surface area contributed by atoms with Crippen molar-refractivity contribution in [1.82, 2.24) is 0 Å². The highest BCUT2D eigenvalue weighted by atomic mass is 19.4. The first-order chi connectivity index (χ1) is 19.4. The number of halogens is 4. The summed E-state index contributed by atoms with van der Waals surface area (Å²) in [5.41, 5.74) is 1.02. The molecule has 3 aromatic carbocycles. The number of aryl methyl sites for hydroxylation is 1. The molecule has 2 aliphatic rings. The predicted octanol–water partition coefficient (Wildman–Crippen LogP) is 6.30. The van der Waals surface area contributed by atoms with Crippen LogP contribution in [0.4, 0.5) is 23.2 Å². The van der Waals surface area contributed by atoms with E-state index in [-0.39, 0.29) is 25.0 Å². The lowest BCUT2D eigenvalue weighted by Crippen LogP contribution is -2.36. The molecule has 2 N–H and O–H groups in total. The van der Waals surface area contributed by atoms with E-state index in [1.54, 1.807) is 6.07 Å². The maximum Gasteiger partial charge on any atom is 0.416 e. The number of anilines is 1. The summed E-state index contributed by atoms with van der Waals surface area (Å²) in [5.74, 6) is 2.90. The lowest BCUT2D eigenvalue weighted by molar-refractivity contribution is -0.137. The van der Waals surface area contributed by atoms with Gasteiger partial charge in [0.05, 0.1) is 23.1 Å². The molecule has 2 unspecified atom stereocenters. The van der Waals surface area contributed by atoms with Gasteiger partial charge in [-0.15, -0.1) is 0 Å². The molecule has 1 aliphatic heterocycles. The van der Waals surface area contributed by atoms with Gasteiger partial charge < -0.3 is 15.2 Å². The number of alkyl halides is 3. The first kappa shape index (κ1) is 28.4. The molecule has 5 nitrogen and oxygen atoms in total. The largest absolute Gasteiger partial charge is 0.457 e. The standard InChI is InChI=1S/C32H27F4NO4/c1-19-5-7-20(8-6-19)3-2-4-28(38)25(29(39)37-23-10-11-24-21(15-23)18-41-30(24)40)17-31(13-14-31)26-16-22(32(34,35)36)9-12-27(26)33/h5-12,15-16,25,28,38H,4,13-14,17-18H2,1H3,(H,37,39). The van der Waals surface area contributed by atoms with Crippen LogP contribution in [0.3, 0.4) is 0 Å². The van der Waals surface area contributed by atoms with Gasteiger partial charge in [0.15, 0.2) is 0 Å². The van der Waals surface area contributed by atoms with Crippen LogP contribution in [0.2, 0.25) is 0 Å². The van der Waals surface area contributed by atoms with Gasteiger partial charge >= 0.3 is 12.1 Å². The van der Waals surface area contributed by atoms with Crippen LogP contribution in [0, 0.1) is 30.5 Å². The van der Waals surface area contributed by atoms with Gasteiger partial charge in [-0.1, -0.05) is 29.5 Å².